The lowest BCUT2D eigenvalue weighted by atomic mass is 9.96. The highest BCUT2D eigenvalue weighted by Crippen LogP contribution is 2.28. The third-order valence-electron chi connectivity index (χ3n) is 1.72. The van der Waals surface area contributed by atoms with E-state index in [2.05, 4.69) is 12.6 Å². The Morgan fingerprint density at radius 1 is 1.12 bits per heavy atom. The van der Waals surface area contributed by atoms with Crippen LogP contribution in [0.3, 0.4) is 0 Å². The van der Waals surface area contributed by atoms with E-state index in [-0.39, 0.29) is 4.87 Å². The molecular formula is C6H13NS. The van der Waals surface area contributed by atoms with Crippen LogP contribution in [0.4, 0.5) is 0 Å². The molecule has 0 atom stereocenters. The summed E-state index contributed by atoms with van der Waals surface area (Å²) >= 11 is 4.30. The average Bonchev–Trinajstić information content (AvgIpc) is 1.65. The minimum Gasteiger partial charge on any atom is -0.317 e. The molecule has 0 amide bonds. The summed E-state index contributed by atoms with van der Waals surface area (Å²) in [6.07, 6.45) is 6.06. The molecule has 0 unspecified atom stereocenters. The first-order chi connectivity index (χ1) is 3.71. The summed E-state index contributed by atoms with van der Waals surface area (Å²) in [5, 5.41) is 0. The van der Waals surface area contributed by atoms with Crippen molar-refractivity contribution in [2.75, 3.05) is 0 Å². The van der Waals surface area contributed by atoms with Crippen LogP contribution in [-0.4, -0.2) is 4.87 Å². The topological polar surface area (TPSA) is 26.0 Å². The van der Waals surface area contributed by atoms with Crippen molar-refractivity contribution in [3.8, 4) is 0 Å². The average molecular weight is 131 g/mol. The molecule has 1 aliphatic rings. The Hall–Kier alpha value is 0.310. The number of hydrogen-bond acceptors (Lipinski definition) is 2. The van der Waals surface area contributed by atoms with Crippen molar-refractivity contribution in [3.05, 3.63) is 0 Å². The van der Waals surface area contributed by atoms with Gasteiger partial charge in [0, 0.05) is 0 Å². The van der Waals surface area contributed by atoms with Crippen LogP contribution >= 0.6 is 12.6 Å². The van der Waals surface area contributed by atoms with Crippen LogP contribution in [0.1, 0.15) is 32.1 Å². The number of rotatable bonds is 0. The van der Waals surface area contributed by atoms with Crippen LogP contribution in [0.25, 0.3) is 0 Å². The van der Waals surface area contributed by atoms with Crippen LogP contribution in [0, 0.1) is 0 Å². The molecular weight excluding hydrogens is 118 g/mol. The Morgan fingerprint density at radius 3 is 1.88 bits per heavy atom. The third kappa shape index (κ3) is 1.67. The van der Waals surface area contributed by atoms with Gasteiger partial charge in [-0.15, -0.1) is 0 Å². The van der Waals surface area contributed by atoms with Gasteiger partial charge in [-0.3, -0.25) is 0 Å². The van der Waals surface area contributed by atoms with Gasteiger partial charge in [-0.05, 0) is 12.8 Å². The fraction of sp³-hybridized carbons (Fsp3) is 1.00. The molecule has 1 rings (SSSR count). The first-order valence-corrected chi connectivity index (χ1v) is 3.67. The maximum absolute atomic E-state index is 5.74. The molecule has 0 aliphatic heterocycles. The first-order valence-electron chi connectivity index (χ1n) is 3.22. The minimum absolute atomic E-state index is 0.127. The largest absolute Gasteiger partial charge is 0.317 e. The monoisotopic (exact) mass is 131 g/mol. The molecule has 2 heteroatoms. The summed E-state index contributed by atoms with van der Waals surface area (Å²) in [4.78, 5) is -0.127. The zero-order valence-electron chi connectivity index (χ0n) is 5.06. The van der Waals surface area contributed by atoms with Gasteiger partial charge in [0.15, 0.2) is 0 Å². The van der Waals surface area contributed by atoms with Gasteiger partial charge in [0.2, 0.25) is 0 Å². The van der Waals surface area contributed by atoms with Crippen LogP contribution in [0.5, 0.6) is 0 Å². The summed E-state index contributed by atoms with van der Waals surface area (Å²) in [6.45, 7) is 0. The maximum Gasteiger partial charge on any atom is 0.0590 e. The summed E-state index contributed by atoms with van der Waals surface area (Å²) in [5.74, 6) is 0. The van der Waals surface area contributed by atoms with Gasteiger partial charge in [0.25, 0.3) is 0 Å². The molecule has 0 radical (unpaired) electrons. The second-order valence-electron chi connectivity index (χ2n) is 2.66. The van der Waals surface area contributed by atoms with E-state index in [0.29, 0.717) is 0 Å². The Kier molecular flexibility index (Phi) is 1.83. The molecule has 0 heterocycles. The van der Waals surface area contributed by atoms with Gasteiger partial charge in [0.1, 0.15) is 0 Å². The molecule has 1 fully saturated rings. The number of hydrogen-bond donors (Lipinski definition) is 2. The standard InChI is InChI=1S/C6H13NS/c7-6(8)4-2-1-3-5-6/h8H,1-5,7H2. The molecule has 48 valence electrons. The predicted octanol–water partition coefficient (Wildman–Crippen LogP) is 1.54. The number of nitrogens with two attached hydrogens (primary N) is 1. The van der Waals surface area contributed by atoms with E-state index in [4.69, 9.17) is 5.73 Å². The van der Waals surface area contributed by atoms with E-state index >= 15 is 0 Å². The molecule has 0 aromatic carbocycles. The van der Waals surface area contributed by atoms with Crippen LogP contribution in [-0.2, 0) is 0 Å². The van der Waals surface area contributed by atoms with Crippen LogP contribution in [0.2, 0.25) is 0 Å². The zero-order chi connectivity index (χ0) is 6.04. The minimum atomic E-state index is -0.127. The first kappa shape index (κ1) is 6.43. The summed E-state index contributed by atoms with van der Waals surface area (Å²) in [6, 6.07) is 0. The van der Waals surface area contributed by atoms with Crippen molar-refractivity contribution in [2.24, 2.45) is 5.73 Å². The van der Waals surface area contributed by atoms with E-state index in [9.17, 15) is 0 Å². The van der Waals surface area contributed by atoms with Crippen LogP contribution in [0.15, 0.2) is 0 Å². The third-order valence-corrected chi connectivity index (χ3v) is 2.17. The Morgan fingerprint density at radius 2 is 1.62 bits per heavy atom. The predicted molar refractivity (Wildman–Crippen MR) is 39.0 cm³/mol. The lowest BCUT2D eigenvalue weighted by Gasteiger charge is -2.27. The Bertz CT molecular complexity index is 72.6. The van der Waals surface area contributed by atoms with E-state index in [0.717, 1.165) is 12.8 Å². The van der Waals surface area contributed by atoms with Crippen molar-refractivity contribution >= 4 is 12.6 Å². The normalized spacial score (nSPS) is 27.8. The van der Waals surface area contributed by atoms with Gasteiger partial charge in [0.05, 0.1) is 4.87 Å². The fourth-order valence-electron chi connectivity index (χ4n) is 1.16. The quantitative estimate of drug-likeness (QED) is 0.378. The van der Waals surface area contributed by atoms with E-state index in [1.807, 2.05) is 0 Å². The molecule has 1 aliphatic carbocycles. The molecule has 0 aromatic heterocycles. The second-order valence-corrected chi connectivity index (χ2v) is 3.55. The van der Waals surface area contributed by atoms with Crippen molar-refractivity contribution < 1.29 is 0 Å². The Labute approximate surface area is 56.1 Å². The highest BCUT2D eigenvalue weighted by Gasteiger charge is 2.21. The molecule has 0 saturated heterocycles. The van der Waals surface area contributed by atoms with E-state index in [1.54, 1.807) is 0 Å². The van der Waals surface area contributed by atoms with E-state index < -0.39 is 0 Å². The highest BCUT2D eigenvalue weighted by molar-refractivity contribution is 7.81. The smallest absolute Gasteiger partial charge is 0.0590 e. The van der Waals surface area contributed by atoms with E-state index in [1.165, 1.54) is 19.3 Å². The maximum atomic E-state index is 5.74. The lowest BCUT2D eigenvalue weighted by molar-refractivity contribution is 0.410. The summed E-state index contributed by atoms with van der Waals surface area (Å²) in [5.41, 5.74) is 5.74. The molecule has 0 spiro atoms. The molecule has 8 heavy (non-hydrogen) atoms. The van der Waals surface area contributed by atoms with Crippen molar-refractivity contribution in [1.82, 2.24) is 0 Å². The molecule has 2 N–H and O–H groups in total. The summed E-state index contributed by atoms with van der Waals surface area (Å²) in [7, 11) is 0. The molecule has 1 nitrogen and oxygen atoms in total. The lowest BCUT2D eigenvalue weighted by Crippen LogP contribution is -2.34. The molecule has 0 bridgehead atoms. The van der Waals surface area contributed by atoms with Gasteiger partial charge in [-0.25, -0.2) is 0 Å². The molecule has 1 saturated carbocycles. The SMILES string of the molecule is NC1(S)CCCCC1. The van der Waals surface area contributed by atoms with Gasteiger partial charge >= 0.3 is 0 Å². The summed E-state index contributed by atoms with van der Waals surface area (Å²) < 4.78 is 0. The Balaban J connectivity index is 2.33. The fourth-order valence-corrected chi connectivity index (χ4v) is 1.48. The van der Waals surface area contributed by atoms with Crippen molar-refractivity contribution in [1.29, 1.82) is 0 Å². The second kappa shape index (κ2) is 2.28. The number of thiol groups is 1. The van der Waals surface area contributed by atoms with Crippen molar-refractivity contribution in [2.45, 2.75) is 37.0 Å². The molecule has 0 aromatic rings. The van der Waals surface area contributed by atoms with Gasteiger partial charge < -0.3 is 5.73 Å². The van der Waals surface area contributed by atoms with Crippen LogP contribution < -0.4 is 5.73 Å². The highest BCUT2D eigenvalue weighted by atomic mass is 32.1. The van der Waals surface area contributed by atoms with Crippen molar-refractivity contribution in [3.63, 3.8) is 0 Å². The van der Waals surface area contributed by atoms with Gasteiger partial charge in [-0.2, -0.15) is 12.6 Å². The van der Waals surface area contributed by atoms with Gasteiger partial charge in [-0.1, -0.05) is 19.3 Å². The zero-order valence-corrected chi connectivity index (χ0v) is 5.95.